The average molecular weight is 295 g/mol. The number of guanidine groups is 1. The molecule has 0 rings (SSSR count). The van der Waals surface area contributed by atoms with Crippen LogP contribution in [-0.4, -0.2) is 55.7 Å². The van der Waals surface area contributed by atoms with Crippen LogP contribution in [0.25, 0.3) is 0 Å². The number of hydrogen-bond acceptors (Lipinski definition) is 3. The number of carboxylic acid groups (broad SMARTS) is 1. The minimum Gasteiger partial charge on any atom is -1.00 e. The first-order valence-corrected chi connectivity index (χ1v) is 4.65. The van der Waals surface area contributed by atoms with Gasteiger partial charge in [0, 0.05) is 7.05 Å². The van der Waals surface area contributed by atoms with Crippen LogP contribution in [0.1, 0.15) is 2.85 Å². The molecule has 0 bridgehead atoms. The third-order valence-electron chi connectivity index (χ3n) is 0.784. The first-order chi connectivity index (χ1) is 6.04. The molecule has 13 heteroatoms. The van der Waals surface area contributed by atoms with Crippen molar-refractivity contribution < 1.29 is 96.6 Å². The van der Waals surface area contributed by atoms with E-state index in [0.29, 0.717) is 0 Å². The summed E-state index contributed by atoms with van der Waals surface area (Å²) in [7, 11) is -3.20. The summed E-state index contributed by atoms with van der Waals surface area (Å²) in [6, 6.07) is 0. The number of rotatable bonds is 2. The molecule has 0 radical (unpaired) electrons. The maximum Gasteiger partial charge on any atom is 1.00 e. The number of carbonyl (C=O) groups is 1. The Balaban J connectivity index is -0.0000000261. The van der Waals surface area contributed by atoms with Crippen LogP contribution in [0.4, 0.5) is 0 Å². The van der Waals surface area contributed by atoms with Crippen molar-refractivity contribution in [1.29, 1.82) is 5.41 Å². The number of nitrogens with one attached hydrogen (secondary N) is 1. The van der Waals surface area contributed by atoms with Gasteiger partial charge in [0.1, 0.15) is 6.54 Å². The smallest absolute Gasteiger partial charge is 1.00 e. The summed E-state index contributed by atoms with van der Waals surface area (Å²) in [6.45, 7) is -0.227. The molecule has 96 valence electrons. The molecule has 0 saturated heterocycles. The van der Waals surface area contributed by atoms with E-state index in [0.717, 1.165) is 4.90 Å². The topological polar surface area (TPSA) is 200 Å². The van der Waals surface area contributed by atoms with Crippen LogP contribution in [0.2, 0.25) is 0 Å². The standard InChI is InChI=1S/C4H9N3O2.2Na.H3O4P.H2O.2H/c1-7(4(5)6)2-3(8)9;;;1-5(2,3)4;;;/h2H2,1H3,(H3,5,6)(H,8,9);;;(H3,1,2,3,4);1H2;;/q;2*+1;;;2*-1. The molecule has 0 aliphatic rings. The Morgan fingerprint density at radius 2 is 1.65 bits per heavy atom. The van der Waals surface area contributed by atoms with Gasteiger partial charge in [-0.2, -0.15) is 0 Å². The molecule has 0 spiro atoms. The Hall–Kier alpha value is 0.810. The van der Waals surface area contributed by atoms with Crippen LogP contribution in [0.15, 0.2) is 0 Å². The van der Waals surface area contributed by atoms with Crippen LogP contribution in [0.5, 0.6) is 0 Å². The summed E-state index contributed by atoms with van der Waals surface area (Å²) >= 11 is 0. The largest absolute Gasteiger partial charge is 1.00 e. The van der Waals surface area contributed by atoms with E-state index in [1.807, 2.05) is 0 Å². The van der Waals surface area contributed by atoms with Gasteiger partial charge in [0.15, 0.2) is 5.96 Å². The summed E-state index contributed by atoms with van der Waals surface area (Å²) in [5.74, 6) is -1.23. The van der Waals surface area contributed by atoms with Crippen molar-refractivity contribution in [2.45, 2.75) is 0 Å². The Labute approximate surface area is 145 Å². The molecule has 0 heterocycles. The molecule has 0 fully saturated rings. The van der Waals surface area contributed by atoms with Gasteiger partial charge in [-0.1, -0.05) is 0 Å². The van der Waals surface area contributed by atoms with Gasteiger partial charge in [0.25, 0.3) is 0 Å². The van der Waals surface area contributed by atoms with Gasteiger partial charge in [0.05, 0.1) is 0 Å². The van der Waals surface area contributed by atoms with E-state index in [1.165, 1.54) is 7.05 Å². The van der Waals surface area contributed by atoms with Gasteiger partial charge < -0.3 is 38.7 Å². The quantitative estimate of drug-likeness (QED) is 0.125. The maximum absolute atomic E-state index is 9.92. The van der Waals surface area contributed by atoms with Gasteiger partial charge in [-0.25, -0.2) is 4.57 Å². The number of likely N-dealkylation sites (N-methyl/N-ethyl adjacent to an activating group) is 1. The second kappa shape index (κ2) is 14.9. The molecule has 0 amide bonds. The Kier molecular flexibility index (Phi) is 26.8. The molecule has 0 aliphatic heterocycles. The molecule has 0 aliphatic carbocycles. The molecule has 10 nitrogen and oxygen atoms in total. The van der Waals surface area contributed by atoms with Crippen LogP contribution < -0.4 is 64.8 Å². The van der Waals surface area contributed by atoms with Gasteiger partial charge in [-0.3, -0.25) is 10.2 Å². The van der Waals surface area contributed by atoms with Crippen LogP contribution >= 0.6 is 7.82 Å². The van der Waals surface area contributed by atoms with E-state index < -0.39 is 13.8 Å². The molecule has 0 aromatic carbocycles. The second-order valence-corrected chi connectivity index (χ2v) is 3.17. The predicted molar refractivity (Wildman–Crippen MR) is 52.3 cm³/mol. The minimum atomic E-state index is -4.64. The van der Waals surface area contributed by atoms with Crippen molar-refractivity contribution in [3.8, 4) is 0 Å². The first-order valence-electron chi connectivity index (χ1n) is 3.09. The van der Waals surface area contributed by atoms with E-state index in [1.54, 1.807) is 0 Å². The van der Waals surface area contributed by atoms with Crippen molar-refractivity contribution >= 4 is 19.8 Å². The number of carboxylic acids is 1. The summed E-state index contributed by atoms with van der Waals surface area (Å²) in [6.07, 6.45) is 0. The monoisotopic (exact) mass is 295 g/mol. The molecule has 0 aromatic rings. The minimum absolute atomic E-state index is 0. The maximum atomic E-state index is 9.92. The van der Waals surface area contributed by atoms with E-state index in [-0.39, 0.29) is 79.9 Å². The van der Waals surface area contributed by atoms with Crippen LogP contribution in [0, 0.1) is 5.41 Å². The number of phosphoric acid groups is 1. The Morgan fingerprint density at radius 3 is 1.71 bits per heavy atom. The molecule has 0 atom stereocenters. The van der Waals surface area contributed by atoms with E-state index in [2.05, 4.69) is 0 Å². The first kappa shape index (κ1) is 30.7. The van der Waals surface area contributed by atoms with Crippen molar-refractivity contribution in [1.82, 2.24) is 4.90 Å². The van der Waals surface area contributed by atoms with Gasteiger partial charge in [0.2, 0.25) is 0 Å². The predicted octanol–water partition coefficient (Wildman–Crippen LogP) is -8.62. The zero-order valence-electron chi connectivity index (χ0n) is 11.8. The fourth-order valence-corrected chi connectivity index (χ4v) is 0.288. The van der Waals surface area contributed by atoms with Crippen LogP contribution in [-0.2, 0) is 9.36 Å². The number of hydrogen-bond donors (Lipinski definition) is 6. The van der Waals surface area contributed by atoms with Crippen LogP contribution in [0.3, 0.4) is 0 Å². The molecular formula is C4H16N3Na2O7P. The normalized spacial score (nSPS) is 8.00. The van der Waals surface area contributed by atoms with E-state index in [4.69, 9.17) is 35.5 Å². The number of aliphatic carboxylic acids is 1. The molecule has 17 heavy (non-hydrogen) atoms. The molecular weight excluding hydrogens is 279 g/mol. The zero-order chi connectivity index (χ0) is 11.9. The van der Waals surface area contributed by atoms with Gasteiger partial charge in [-0.05, 0) is 0 Å². The summed E-state index contributed by atoms with van der Waals surface area (Å²) in [4.78, 5) is 32.6. The SMILES string of the molecule is CN(CC(=O)O)C(=N)N.O.O=P(O)(O)O.[H-].[H-].[Na+].[Na+]. The molecule has 9 N–H and O–H groups in total. The third kappa shape index (κ3) is 47.5. The van der Waals surface area contributed by atoms with Crippen molar-refractivity contribution in [3.05, 3.63) is 0 Å². The molecule has 0 unspecified atom stereocenters. The van der Waals surface area contributed by atoms with E-state index >= 15 is 0 Å². The Morgan fingerprint density at radius 1 is 1.41 bits per heavy atom. The Bertz CT molecular complexity index is 260. The fraction of sp³-hybridized carbons (Fsp3) is 0.500. The number of nitrogens with two attached hydrogens (primary N) is 1. The third-order valence-corrected chi connectivity index (χ3v) is 0.784. The summed E-state index contributed by atoms with van der Waals surface area (Å²) < 4.78 is 8.88. The number of nitrogens with zero attached hydrogens (tertiary/aromatic N) is 1. The summed E-state index contributed by atoms with van der Waals surface area (Å²) in [5, 5.41) is 14.9. The average Bonchev–Trinajstić information content (AvgIpc) is 1.80. The van der Waals surface area contributed by atoms with E-state index in [9.17, 15) is 4.79 Å². The summed E-state index contributed by atoms with van der Waals surface area (Å²) in [5.41, 5.74) is 4.93. The molecule has 0 saturated carbocycles. The second-order valence-electron chi connectivity index (χ2n) is 2.15. The van der Waals surface area contributed by atoms with Crippen molar-refractivity contribution in [2.24, 2.45) is 5.73 Å². The van der Waals surface area contributed by atoms with Crippen molar-refractivity contribution in [2.75, 3.05) is 13.6 Å². The van der Waals surface area contributed by atoms with Crippen molar-refractivity contribution in [3.63, 3.8) is 0 Å². The van der Waals surface area contributed by atoms with Gasteiger partial charge in [-0.15, -0.1) is 0 Å². The van der Waals surface area contributed by atoms with Gasteiger partial charge >= 0.3 is 72.9 Å². The molecule has 0 aromatic heterocycles. The zero-order valence-corrected chi connectivity index (χ0v) is 14.7. The fourth-order valence-electron chi connectivity index (χ4n) is 0.288.